The van der Waals surface area contributed by atoms with Crippen molar-refractivity contribution in [2.45, 2.75) is 49.2 Å². The highest BCUT2D eigenvalue weighted by Gasteiger charge is 2.22. The topological polar surface area (TPSA) is 79.5 Å². The predicted octanol–water partition coefficient (Wildman–Crippen LogP) is 6.65. The zero-order valence-electron chi connectivity index (χ0n) is 20.4. The van der Waals surface area contributed by atoms with E-state index >= 15 is 0 Å². The van der Waals surface area contributed by atoms with Gasteiger partial charge in [0.1, 0.15) is 29.3 Å². The fourth-order valence-electron chi connectivity index (χ4n) is 3.96. The second-order valence-corrected chi connectivity index (χ2v) is 10.9. The van der Waals surface area contributed by atoms with Gasteiger partial charge in [-0.3, -0.25) is 0 Å². The lowest BCUT2D eigenvalue weighted by Gasteiger charge is -2.22. The molecule has 4 aromatic rings. The van der Waals surface area contributed by atoms with Crippen LogP contribution in [0.5, 0.6) is 17.4 Å². The van der Waals surface area contributed by atoms with Gasteiger partial charge < -0.3 is 18.7 Å². The maximum Gasteiger partial charge on any atom is 0.231 e. The van der Waals surface area contributed by atoms with Crippen LogP contribution in [0, 0.1) is 0 Å². The molecule has 0 aliphatic carbocycles. The predicted molar refractivity (Wildman–Crippen MR) is 137 cm³/mol. The van der Waals surface area contributed by atoms with Gasteiger partial charge >= 0.3 is 0 Å². The zero-order valence-corrected chi connectivity index (χ0v) is 21.2. The Morgan fingerprint density at radius 1 is 1.00 bits per heavy atom. The third-order valence-electron chi connectivity index (χ3n) is 5.93. The van der Waals surface area contributed by atoms with Crippen molar-refractivity contribution in [1.29, 1.82) is 0 Å². The minimum absolute atomic E-state index is 0.112. The summed E-state index contributed by atoms with van der Waals surface area (Å²) in [6.07, 6.45) is 3.53. The smallest absolute Gasteiger partial charge is 0.231 e. The summed E-state index contributed by atoms with van der Waals surface area (Å²) in [4.78, 5) is 10.1. The van der Waals surface area contributed by atoms with Crippen molar-refractivity contribution in [3.05, 3.63) is 54.6 Å². The van der Waals surface area contributed by atoms with Gasteiger partial charge in [0.2, 0.25) is 5.88 Å². The molecular weight excluding hydrogens is 462 g/mol. The molecule has 0 spiro atoms. The highest BCUT2D eigenvalue weighted by atomic mass is 32.2. The van der Waals surface area contributed by atoms with Gasteiger partial charge in [-0.15, -0.1) is 11.8 Å². The van der Waals surface area contributed by atoms with Crippen molar-refractivity contribution in [1.82, 2.24) is 15.1 Å². The molecule has 5 rings (SSSR count). The molecule has 2 aromatic carbocycles. The maximum atomic E-state index is 6.34. The van der Waals surface area contributed by atoms with Crippen molar-refractivity contribution in [2.24, 2.45) is 0 Å². The Hall–Kier alpha value is -3.10. The van der Waals surface area contributed by atoms with Gasteiger partial charge in [0, 0.05) is 46.5 Å². The van der Waals surface area contributed by atoms with Gasteiger partial charge in [0.15, 0.2) is 0 Å². The largest absolute Gasteiger partial charge is 0.497 e. The van der Waals surface area contributed by atoms with Crippen molar-refractivity contribution in [3.63, 3.8) is 0 Å². The Bertz CT molecular complexity index is 1330. The summed E-state index contributed by atoms with van der Waals surface area (Å²) < 4.78 is 23.0. The van der Waals surface area contributed by atoms with E-state index in [1.807, 2.05) is 54.2 Å². The monoisotopic (exact) mass is 491 g/mol. The molecule has 1 aliphatic heterocycles. The third kappa shape index (κ3) is 5.28. The van der Waals surface area contributed by atoms with Crippen LogP contribution in [-0.2, 0) is 10.2 Å². The standard InChI is InChI=1S/C27H29N3O4S/c1-27(2,3)24-15-21(30-34-24)17-6-5-7-18(12-17)33-26-25-22(28-16-29-26)13-19(31-4)14-23(25)35-20-8-10-32-11-9-20/h5-7,12-16,20H,8-11H2,1-4H3. The molecule has 1 aliphatic rings. The van der Waals surface area contributed by atoms with E-state index < -0.39 is 0 Å². The van der Waals surface area contributed by atoms with Crippen LogP contribution in [0.25, 0.3) is 22.2 Å². The van der Waals surface area contributed by atoms with Crippen molar-refractivity contribution >= 4 is 22.7 Å². The van der Waals surface area contributed by atoms with E-state index in [1.54, 1.807) is 7.11 Å². The lowest BCUT2D eigenvalue weighted by Crippen LogP contribution is -2.17. The lowest BCUT2D eigenvalue weighted by molar-refractivity contribution is 0.100. The van der Waals surface area contributed by atoms with Gasteiger partial charge in [-0.05, 0) is 31.0 Å². The first-order valence-electron chi connectivity index (χ1n) is 11.7. The van der Waals surface area contributed by atoms with Crippen molar-refractivity contribution in [2.75, 3.05) is 20.3 Å². The number of methoxy groups -OCH3 is 1. The van der Waals surface area contributed by atoms with Crippen LogP contribution in [0.2, 0.25) is 0 Å². The third-order valence-corrected chi connectivity index (χ3v) is 7.31. The molecule has 7 nitrogen and oxygen atoms in total. The molecular formula is C27H29N3O4S. The number of rotatable bonds is 6. The number of nitrogens with zero attached hydrogens (tertiary/aromatic N) is 3. The first-order chi connectivity index (χ1) is 16.9. The van der Waals surface area contributed by atoms with Gasteiger partial charge in [-0.1, -0.05) is 38.1 Å². The van der Waals surface area contributed by atoms with Crippen LogP contribution in [0.4, 0.5) is 0 Å². The molecule has 182 valence electrons. The fourth-order valence-corrected chi connectivity index (χ4v) is 5.24. The van der Waals surface area contributed by atoms with Gasteiger partial charge in [-0.25, -0.2) is 9.97 Å². The first kappa shape index (κ1) is 23.6. The molecule has 0 saturated carbocycles. The van der Waals surface area contributed by atoms with Crippen LogP contribution >= 0.6 is 11.8 Å². The number of benzene rings is 2. The summed E-state index contributed by atoms with van der Waals surface area (Å²) in [5, 5.41) is 5.60. The number of ether oxygens (including phenoxy) is 3. The Balaban J connectivity index is 1.49. The van der Waals surface area contributed by atoms with E-state index in [0.717, 1.165) is 64.6 Å². The lowest BCUT2D eigenvalue weighted by atomic mass is 9.93. The average Bonchev–Trinajstić information content (AvgIpc) is 3.36. The molecule has 0 atom stereocenters. The number of fused-ring (bicyclic) bond motifs is 1. The van der Waals surface area contributed by atoms with Crippen LogP contribution in [0.3, 0.4) is 0 Å². The Labute approximate surface area is 209 Å². The van der Waals surface area contributed by atoms with Gasteiger partial charge in [0.05, 0.1) is 18.0 Å². The molecule has 0 bridgehead atoms. The zero-order chi connectivity index (χ0) is 24.4. The second-order valence-electron chi connectivity index (χ2n) is 9.58. The van der Waals surface area contributed by atoms with Crippen LogP contribution < -0.4 is 9.47 Å². The average molecular weight is 492 g/mol. The van der Waals surface area contributed by atoms with E-state index in [-0.39, 0.29) is 5.41 Å². The molecule has 35 heavy (non-hydrogen) atoms. The number of thioether (sulfide) groups is 1. The number of aromatic nitrogens is 3. The normalized spacial score (nSPS) is 14.9. The van der Waals surface area contributed by atoms with E-state index in [1.165, 1.54) is 6.33 Å². The summed E-state index contributed by atoms with van der Waals surface area (Å²) >= 11 is 1.81. The number of hydrogen-bond acceptors (Lipinski definition) is 8. The number of hydrogen-bond donors (Lipinski definition) is 0. The van der Waals surface area contributed by atoms with Gasteiger partial charge in [-0.2, -0.15) is 0 Å². The second kappa shape index (κ2) is 9.87. The molecule has 0 amide bonds. The van der Waals surface area contributed by atoms with E-state index in [9.17, 15) is 0 Å². The molecule has 0 unspecified atom stereocenters. The Morgan fingerprint density at radius 3 is 2.57 bits per heavy atom. The molecule has 2 aromatic heterocycles. The summed E-state index contributed by atoms with van der Waals surface area (Å²) in [6, 6.07) is 13.7. The highest BCUT2D eigenvalue weighted by molar-refractivity contribution is 8.00. The Kier molecular flexibility index (Phi) is 6.67. The van der Waals surface area contributed by atoms with E-state index in [2.05, 4.69) is 35.9 Å². The van der Waals surface area contributed by atoms with E-state index in [4.69, 9.17) is 18.7 Å². The molecule has 8 heteroatoms. The molecule has 1 fully saturated rings. The van der Waals surface area contributed by atoms with Crippen LogP contribution in [0.1, 0.15) is 39.4 Å². The van der Waals surface area contributed by atoms with Crippen molar-refractivity contribution < 1.29 is 18.7 Å². The SMILES string of the molecule is COc1cc(SC2CCOCC2)c2c(Oc3cccc(-c4cc(C(C)(C)C)on4)c3)ncnc2c1. The molecule has 0 N–H and O–H groups in total. The quantitative estimate of drug-likeness (QED) is 0.296. The van der Waals surface area contributed by atoms with Gasteiger partial charge in [0.25, 0.3) is 0 Å². The Morgan fingerprint density at radius 2 is 1.83 bits per heavy atom. The summed E-state index contributed by atoms with van der Waals surface area (Å²) in [7, 11) is 1.67. The molecule has 3 heterocycles. The van der Waals surface area contributed by atoms with Crippen LogP contribution in [0.15, 0.2) is 58.2 Å². The minimum atomic E-state index is -0.112. The summed E-state index contributed by atoms with van der Waals surface area (Å²) in [5.74, 6) is 2.78. The first-order valence-corrected chi connectivity index (χ1v) is 12.6. The summed E-state index contributed by atoms with van der Waals surface area (Å²) in [6.45, 7) is 7.86. The fraction of sp³-hybridized carbons (Fsp3) is 0.370. The minimum Gasteiger partial charge on any atom is -0.497 e. The highest BCUT2D eigenvalue weighted by Crippen LogP contribution is 2.41. The van der Waals surface area contributed by atoms with E-state index in [0.29, 0.717) is 16.9 Å². The summed E-state index contributed by atoms with van der Waals surface area (Å²) in [5.41, 5.74) is 2.36. The molecule has 1 saturated heterocycles. The molecule has 0 radical (unpaired) electrons. The maximum absolute atomic E-state index is 6.34. The van der Waals surface area contributed by atoms with Crippen LogP contribution in [-0.4, -0.2) is 40.7 Å². The van der Waals surface area contributed by atoms with Crippen molar-refractivity contribution in [3.8, 4) is 28.6 Å².